The molecule has 2 aromatic heterocycles. The lowest BCUT2D eigenvalue weighted by molar-refractivity contribution is 0.0235. The summed E-state index contributed by atoms with van der Waals surface area (Å²) in [6, 6.07) is 7.31. The molecule has 1 amide bonds. The Balaban J connectivity index is 1.61. The molecule has 1 unspecified atom stereocenters. The van der Waals surface area contributed by atoms with E-state index >= 15 is 0 Å². The van der Waals surface area contributed by atoms with Crippen LogP contribution in [-0.4, -0.2) is 26.9 Å². The number of hydrogen-bond acceptors (Lipinski definition) is 4. The molecule has 0 bridgehead atoms. The normalized spacial score (nSPS) is 21.4. The zero-order valence-electron chi connectivity index (χ0n) is 13.3. The van der Waals surface area contributed by atoms with E-state index in [1.165, 1.54) is 6.26 Å². The minimum Gasteiger partial charge on any atom is -0.463 e. The first-order chi connectivity index (χ1) is 11.6. The maximum absolute atomic E-state index is 12.8. The van der Waals surface area contributed by atoms with Crippen LogP contribution in [-0.2, 0) is 7.05 Å². The first-order valence-electron chi connectivity index (χ1n) is 8.05. The molecule has 6 heteroatoms. The van der Waals surface area contributed by atoms with Crippen molar-refractivity contribution >= 4 is 16.9 Å². The van der Waals surface area contributed by atoms with E-state index < -0.39 is 0 Å². The van der Waals surface area contributed by atoms with E-state index in [0.29, 0.717) is 24.0 Å². The summed E-state index contributed by atoms with van der Waals surface area (Å²) in [6.07, 6.45) is 6.26. The van der Waals surface area contributed by atoms with E-state index in [2.05, 4.69) is 10.4 Å². The molecule has 0 aliphatic heterocycles. The molecule has 0 spiro atoms. The fraction of sp³-hybridized carbons (Fsp3) is 0.333. The minimum absolute atomic E-state index is 0.164. The highest BCUT2D eigenvalue weighted by atomic mass is 16.3. The molecule has 1 atom stereocenters. The van der Waals surface area contributed by atoms with Crippen molar-refractivity contribution in [2.75, 3.05) is 0 Å². The number of hydrogen-bond donors (Lipinski definition) is 2. The smallest absolute Gasteiger partial charge is 0.255 e. The number of carbonyl (C=O) groups excluding carboxylic acids is 1. The van der Waals surface area contributed by atoms with Crippen molar-refractivity contribution in [3.63, 3.8) is 0 Å². The van der Waals surface area contributed by atoms with Crippen molar-refractivity contribution in [2.45, 2.75) is 25.0 Å². The largest absolute Gasteiger partial charge is 0.463 e. The van der Waals surface area contributed by atoms with Crippen molar-refractivity contribution in [1.29, 1.82) is 0 Å². The van der Waals surface area contributed by atoms with Gasteiger partial charge in [0.2, 0.25) is 0 Å². The Labute approximate surface area is 139 Å². The third-order valence-electron chi connectivity index (χ3n) is 4.72. The number of nitrogens with zero attached hydrogens (tertiary/aromatic N) is 2. The monoisotopic (exact) mass is 325 g/mol. The third kappa shape index (κ3) is 2.59. The number of aromatic nitrogens is 2. The molecule has 0 saturated heterocycles. The topological polar surface area (TPSA) is 80.3 Å². The summed E-state index contributed by atoms with van der Waals surface area (Å²) in [7, 11) is 1.85. The number of fused-ring (bicyclic) bond motifs is 1. The van der Waals surface area contributed by atoms with Crippen molar-refractivity contribution in [3.8, 4) is 0 Å². The van der Waals surface area contributed by atoms with E-state index in [0.717, 1.165) is 10.9 Å². The number of aliphatic hydroxyl groups excluding tert-OH is 1. The molecule has 2 N–H and O–H groups in total. The van der Waals surface area contributed by atoms with Gasteiger partial charge < -0.3 is 14.8 Å². The number of amides is 1. The number of aliphatic hydroxyl groups is 1. The summed E-state index contributed by atoms with van der Waals surface area (Å²) in [6.45, 7) is 0. The SMILES string of the molecule is Cn1cc(C(NC(=O)c2coc3ccccc23)C2CC(O)C2)cn1. The van der Waals surface area contributed by atoms with Crippen LogP contribution in [0.15, 0.2) is 47.3 Å². The Morgan fingerprint density at radius 3 is 2.92 bits per heavy atom. The van der Waals surface area contributed by atoms with Gasteiger partial charge >= 0.3 is 0 Å². The second-order valence-electron chi connectivity index (χ2n) is 6.43. The van der Waals surface area contributed by atoms with Gasteiger partial charge in [-0.1, -0.05) is 18.2 Å². The van der Waals surface area contributed by atoms with Gasteiger partial charge in [-0.25, -0.2) is 0 Å². The second kappa shape index (κ2) is 5.79. The molecule has 1 aliphatic carbocycles. The molecule has 6 nitrogen and oxygen atoms in total. The summed E-state index contributed by atoms with van der Waals surface area (Å²) in [5.74, 6) is 0.0431. The highest BCUT2D eigenvalue weighted by Gasteiger charge is 2.36. The molecule has 3 aromatic rings. The predicted octanol–water partition coefficient (Wildman–Crippen LogP) is 2.41. The van der Waals surface area contributed by atoms with Gasteiger partial charge in [-0.2, -0.15) is 5.10 Å². The maximum atomic E-state index is 12.8. The fourth-order valence-corrected chi connectivity index (χ4v) is 3.35. The van der Waals surface area contributed by atoms with Gasteiger partial charge in [0.25, 0.3) is 5.91 Å². The number of nitrogens with one attached hydrogen (secondary N) is 1. The Morgan fingerprint density at radius 1 is 1.42 bits per heavy atom. The molecule has 1 aromatic carbocycles. The second-order valence-corrected chi connectivity index (χ2v) is 6.43. The summed E-state index contributed by atoms with van der Waals surface area (Å²) in [5, 5.41) is 17.7. The summed E-state index contributed by atoms with van der Waals surface area (Å²) in [4.78, 5) is 12.8. The van der Waals surface area contributed by atoms with E-state index in [-0.39, 0.29) is 24.0 Å². The molecule has 0 radical (unpaired) electrons. The quantitative estimate of drug-likeness (QED) is 0.772. The van der Waals surface area contributed by atoms with Gasteiger partial charge in [0.1, 0.15) is 11.8 Å². The number of rotatable bonds is 4. The van der Waals surface area contributed by atoms with Gasteiger partial charge in [0.05, 0.1) is 23.9 Å². The van der Waals surface area contributed by atoms with E-state index in [4.69, 9.17) is 4.42 Å². The maximum Gasteiger partial charge on any atom is 0.255 e. The minimum atomic E-state index is -0.277. The lowest BCUT2D eigenvalue weighted by Gasteiger charge is -2.37. The number of benzene rings is 1. The van der Waals surface area contributed by atoms with Gasteiger partial charge in [-0.15, -0.1) is 0 Å². The molecule has 1 fully saturated rings. The van der Waals surface area contributed by atoms with Crippen molar-refractivity contribution in [3.05, 3.63) is 54.0 Å². The zero-order chi connectivity index (χ0) is 16.7. The van der Waals surface area contributed by atoms with Crippen LogP contribution in [0.4, 0.5) is 0 Å². The Kier molecular flexibility index (Phi) is 3.61. The fourth-order valence-electron chi connectivity index (χ4n) is 3.35. The van der Waals surface area contributed by atoms with E-state index in [9.17, 15) is 9.90 Å². The van der Waals surface area contributed by atoms with Gasteiger partial charge in [0.15, 0.2) is 0 Å². The highest BCUT2D eigenvalue weighted by Crippen LogP contribution is 2.38. The van der Waals surface area contributed by atoms with Crippen LogP contribution in [0.25, 0.3) is 11.0 Å². The van der Waals surface area contributed by atoms with Gasteiger partial charge in [-0.05, 0) is 24.8 Å². The first kappa shape index (κ1) is 15.0. The van der Waals surface area contributed by atoms with Crippen LogP contribution >= 0.6 is 0 Å². The molecular weight excluding hydrogens is 306 g/mol. The molecular formula is C18H19N3O3. The lowest BCUT2D eigenvalue weighted by Crippen LogP contribution is -2.41. The van der Waals surface area contributed by atoms with Crippen LogP contribution in [0.3, 0.4) is 0 Å². The number of aryl methyl sites for hydroxylation is 1. The third-order valence-corrected chi connectivity index (χ3v) is 4.72. The average molecular weight is 325 g/mol. The number of carbonyl (C=O) groups is 1. The number of para-hydroxylation sites is 1. The van der Waals surface area contributed by atoms with Crippen LogP contribution in [0.1, 0.15) is 34.8 Å². The van der Waals surface area contributed by atoms with Gasteiger partial charge in [-0.3, -0.25) is 9.48 Å². The van der Waals surface area contributed by atoms with E-state index in [1.54, 1.807) is 10.9 Å². The molecule has 2 heterocycles. The van der Waals surface area contributed by atoms with Crippen LogP contribution in [0.2, 0.25) is 0 Å². The van der Waals surface area contributed by atoms with Crippen molar-refractivity contribution in [2.24, 2.45) is 13.0 Å². The highest BCUT2D eigenvalue weighted by molar-refractivity contribution is 6.06. The first-order valence-corrected chi connectivity index (χ1v) is 8.05. The molecule has 124 valence electrons. The average Bonchev–Trinajstić information content (AvgIpc) is 3.16. The summed E-state index contributed by atoms with van der Waals surface area (Å²) >= 11 is 0. The Bertz CT molecular complexity index is 876. The standard InChI is InChI=1S/C18H19N3O3/c1-21-9-12(8-19-21)17(11-6-13(22)7-11)20-18(23)15-10-24-16-5-3-2-4-14(15)16/h2-5,8-11,13,17,22H,6-7H2,1H3,(H,20,23). The van der Waals surface area contributed by atoms with Crippen molar-refractivity contribution < 1.29 is 14.3 Å². The Morgan fingerprint density at radius 2 is 2.21 bits per heavy atom. The van der Waals surface area contributed by atoms with Crippen LogP contribution in [0.5, 0.6) is 0 Å². The summed E-state index contributed by atoms with van der Waals surface area (Å²) < 4.78 is 7.18. The summed E-state index contributed by atoms with van der Waals surface area (Å²) in [5.41, 5.74) is 2.18. The number of furan rings is 1. The lowest BCUT2D eigenvalue weighted by atomic mass is 9.75. The molecule has 1 aliphatic rings. The van der Waals surface area contributed by atoms with Gasteiger partial charge in [0, 0.05) is 24.2 Å². The molecule has 4 rings (SSSR count). The Hall–Kier alpha value is -2.60. The van der Waals surface area contributed by atoms with Crippen LogP contribution < -0.4 is 5.32 Å². The molecule has 24 heavy (non-hydrogen) atoms. The van der Waals surface area contributed by atoms with Crippen molar-refractivity contribution in [1.82, 2.24) is 15.1 Å². The van der Waals surface area contributed by atoms with Crippen LogP contribution in [0, 0.1) is 5.92 Å². The zero-order valence-corrected chi connectivity index (χ0v) is 13.3. The van der Waals surface area contributed by atoms with E-state index in [1.807, 2.05) is 37.5 Å². The molecule has 1 saturated carbocycles. The predicted molar refractivity (Wildman–Crippen MR) is 88.4 cm³/mol.